The minimum absolute atomic E-state index is 0.566. The Balaban J connectivity index is 3.05. The molecule has 0 fully saturated rings. The highest BCUT2D eigenvalue weighted by Gasteiger charge is 2.18. The summed E-state index contributed by atoms with van der Waals surface area (Å²) in [7, 11) is 1.84. The second kappa shape index (κ2) is 5.74. The van der Waals surface area contributed by atoms with Crippen molar-refractivity contribution in [1.82, 2.24) is 4.90 Å². The maximum Gasteiger partial charge on any atom is 0.0413 e. The number of allylic oxidation sites excluding steroid dienone is 3. The molecule has 1 rings (SSSR count). The quantitative estimate of drug-likeness (QED) is 0.648. The summed E-state index contributed by atoms with van der Waals surface area (Å²) < 4.78 is 0. The molecule has 0 amide bonds. The van der Waals surface area contributed by atoms with Gasteiger partial charge in [0.05, 0.1) is 0 Å². The van der Waals surface area contributed by atoms with Gasteiger partial charge in [-0.3, -0.25) is 4.99 Å². The Bertz CT molecular complexity index is 285. The molecule has 1 heterocycles. The molecule has 0 saturated carbocycles. The zero-order valence-corrected chi connectivity index (χ0v) is 10.3. The van der Waals surface area contributed by atoms with Crippen LogP contribution in [0.3, 0.4) is 0 Å². The average Bonchev–Trinajstić information content (AvgIpc) is 2.21. The fourth-order valence-corrected chi connectivity index (χ4v) is 2.06. The first-order chi connectivity index (χ1) is 7.20. The summed E-state index contributed by atoms with van der Waals surface area (Å²) >= 11 is 0. The van der Waals surface area contributed by atoms with Gasteiger partial charge in [-0.25, -0.2) is 0 Å². The molecule has 0 aliphatic carbocycles. The zero-order valence-electron chi connectivity index (χ0n) is 10.3. The van der Waals surface area contributed by atoms with E-state index in [-0.39, 0.29) is 0 Å². The Labute approximate surface area is 93.4 Å². The summed E-state index contributed by atoms with van der Waals surface area (Å²) in [5, 5.41) is 0. The number of hydrogen-bond acceptors (Lipinski definition) is 2. The van der Waals surface area contributed by atoms with Crippen LogP contribution in [-0.4, -0.2) is 30.7 Å². The van der Waals surface area contributed by atoms with Crippen LogP contribution < -0.4 is 0 Å². The van der Waals surface area contributed by atoms with E-state index in [4.69, 9.17) is 0 Å². The molecule has 15 heavy (non-hydrogen) atoms. The molecule has 0 aromatic carbocycles. The minimum Gasteiger partial charge on any atom is -0.369 e. The van der Waals surface area contributed by atoms with E-state index in [1.54, 1.807) is 0 Å². The van der Waals surface area contributed by atoms with Crippen molar-refractivity contribution in [3.63, 3.8) is 0 Å². The Morgan fingerprint density at radius 3 is 2.67 bits per heavy atom. The third-order valence-corrected chi connectivity index (χ3v) is 2.72. The van der Waals surface area contributed by atoms with Crippen LogP contribution in [0.4, 0.5) is 0 Å². The lowest BCUT2D eigenvalue weighted by atomic mass is 10.0. The third kappa shape index (κ3) is 2.95. The lowest BCUT2D eigenvalue weighted by Crippen LogP contribution is -2.34. The molecule has 0 aromatic heterocycles. The van der Waals surface area contributed by atoms with Gasteiger partial charge in [-0.05, 0) is 45.3 Å². The van der Waals surface area contributed by atoms with Crippen molar-refractivity contribution in [2.24, 2.45) is 4.99 Å². The van der Waals surface area contributed by atoms with Crippen LogP contribution in [-0.2, 0) is 0 Å². The van der Waals surface area contributed by atoms with E-state index in [1.807, 2.05) is 13.3 Å². The molecule has 0 unspecified atom stereocenters. The molecule has 1 aliphatic heterocycles. The minimum atomic E-state index is 0.566. The number of hydrogen-bond donors (Lipinski definition) is 0. The summed E-state index contributed by atoms with van der Waals surface area (Å²) in [6, 6.07) is 0.566. The first-order valence-electron chi connectivity index (χ1n) is 5.75. The predicted molar refractivity (Wildman–Crippen MR) is 67.3 cm³/mol. The summed E-state index contributed by atoms with van der Waals surface area (Å²) in [6.45, 7) is 7.73. The second-order valence-corrected chi connectivity index (χ2v) is 4.19. The van der Waals surface area contributed by atoms with Crippen LogP contribution in [0.1, 0.15) is 33.6 Å². The maximum absolute atomic E-state index is 4.14. The Morgan fingerprint density at radius 2 is 2.13 bits per heavy atom. The topological polar surface area (TPSA) is 15.6 Å². The molecular weight excluding hydrogens is 184 g/mol. The number of aliphatic imine (C=N–C) groups is 1. The van der Waals surface area contributed by atoms with Crippen molar-refractivity contribution >= 4 is 6.21 Å². The summed E-state index contributed by atoms with van der Waals surface area (Å²) in [4.78, 5) is 6.60. The molecule has 0 aromatic rings. The molecule has 0 N–H and O–H groups in total. The Hall–Kier alpha value is -1.05. The van der Waals surface area contributed by atoms with Gasteiger partial charge >= 0.3 is 0 Å². The molecule has 0 spiro atoms. The Kier molecular flexibility index (Phi) is 4.60. The normalized spacial score (nSPS) is 18.9. The smallest absolute Gasteiger partial charge is 0.0413 e. The van der Waals surface area contributed by atoms with E-state index in [1.165, 1.54) is 24.2 Å². The van der Waals surface area contributed by atoms with Crippen LogP contribution in [0.25, 0.3) is 0 Å². The van der Waals surface area contributed by atoms with Crippen LogP contribution >= 0.6 is 0 Å². The van der Waals surface area contributed by atoms with Crippen molar-refractivity contribution in [3.8, 4) is 0 Å². The van der Waals surface area contributed by atoms with Gasteiger partial charge in [0, 0.05) is 31.5 Å². The highest BCUT2D eigenvalue weighted by Crippen LogP contribution is 2.24. The van der Waals surface area contributed by atoms with E-state index < -0.39 is 0 Å². The summed E-state index contributed by atoms with van der Waals surface area (Å²) in [6.07, 6.45) is 8.71. The summed E-state index contributed by atoms with van der Waals surface area (Å²) in [5.41, 5.74) is 2.72. The SMILES string of the molecule is C/C=C\C1=C(C=NC)CCCN1C(C)C. The number of rotatable bonds is 3. The van der Waals surface area contributed by atoms with Gasteiger partial charge < -0.3 is 4.90 Å². The monoisotopic (exact) mass is 206 g/mol. The molecule has 0 bridgehead atoms. The molecule has 2 nitrogen and oxygen atoms in total. The van der Waals surface area contributed by atoms with Crippen molar-refractivity contribution in [2.75, 3.05) is 13.6 Å². The maximum atomic E-state index is 4.14. The summed E-state index contributed by atoms with van der Waals surface area (Å²) in [5.74, 6) is 0. The molecule has 0 radical (unpaired) electrons. The third-order valence-electron chi connectivity index (χ3n) is 2.72. The largest absolute Gasteiger partial charge is 0.369 e. The van der Waals surface area contributed by atoms with Gasteiger partial charge in [-0.2, -0.15) is 0 Å². The van der Waals surface area contributed by atoms with E-state index in [2.05, 4.69) is 42.8 Å². The van der Waals surface area contributed by atoms with Crippen molar-refractivity contribution in [1.29, 1.82) is 0 Å². The van der Waals surface area contributed by atoms with Gasteiger partial charge in [0.25, 0.3) is 0 Å². The fraction of sp³-hybridized carbons (Fsp3) is 0.615. The van der Waals surface area contributed by atoms with E-state index in [0.717, 1.165) is 6.42 Å². The molecular formula is C13H22N2. The second-order valence-electron chi connectivity index (χ2n) is 4.19. The first-order valence-corrected chi connectivity index (χ1v) is 5.75. The van der Waals surface area contributed by atoms with Gasteiger partial charge in [-0.15, -0.1) is 0 Å². The molecule has 84 valence electrons. The van der Waals surface area contributed by atoms with E-state index in [0.29, 0.717) is 6.04 Å². The lowest BCUT2D eigenvalue weighted by Gasteiger charge is -2.35. The molecule has 1 aliphatic rings. The van der Waals surface area contributed by atoms with Crippen molar-refractivity contribution in [3.05, 3.63) is 23.4 Å². The molecule has 0 saturated heterocycles. The average molecular weight is 206 g/mol. The van der Waals surface area contributed by atoms with Gasteiger partial charge in [0.1, 0.15) is 0 Å². The van der Waals surface area contributed by atoms with Crippen molar-refractivity contribution in [2.45, 2.75) is 39.7 Å². The number of nitrogens with zero attached hydrogens (tertiary/aromatic N) is 2. The predicted octanol–water partition coefficient (Wildman–Crippen LogP) is 3.02. The highest BCUT2D eigenvalue weighted by atomic mass is 15.2. The van der Waals surface area contributed by atoms with Crippen LogP contribution in [0.5, 0.6) is 0 Å². The fourth-order valence-electron chi connectivity index (χ4n) is 2.06. The van der Waals surface area contributed by atoms with E-state index in [9.17, 15) is 0 Å². The first kappa shape index (κ1) is 12.0. The molecule has 0 atom stereocenters. The van der Waals surface area contributed by atoms with Gasteiger partial charge in [0.15, 0.2) is 0 Å². The highest BCUT2D eigenvalue weighted by molar-refractivity contribution is 5.80. The molecule has 2 heteroatoms. The zero-order chi connectivity index (χ0) is 11.3. The van der Waals surface area contributed by atoms with E-state index >= 15 is 0 Å². The Morgan fingerprint density at radius 1 is 1.40 bits per heavy atom. The van der Waals surface area contributed by atoms with Crippen LogP contribution in [0.2, 0.25) is 0 Å². The van der Waals surface area contributed by atoms with Gasteiger partial charge in [0.2, 0.25) is 0 Å². The standard InChI is InChI=1S/C13H22N2/c1-5-7-13-12(10-14-4)8-6-9-15(13)11(2)3/h5,7,10-11H,6,8-9H2,1-4H3/b7-5-,14-10?. The lowest BCUT2D eigenvalue weighted by molar-refractivity contribution is 0.274. The van der Waals surface area contributed by atoms with Crippen LogP contribution in [0, 0.1) is 0 Å². The van der Waals surface area contributed by atoms with Crippen LogP contribution in [0.15, 0.2) is 28.4 Å². The van der Waals surface area contributed by atoms with Gasteiger partial charge in [-0.1, -0.05) is 6.08 Å². The van der Waals surface area contributed by atoms with Crippen molar-refractivity contribution < 1.29 is 0 Å².